The van der Waals surface area contributed by atoms with E-state index in [-0.39, 0.29) is 0 Å². The molecule has 0 N–H and O–H groups in total. The van der Waals surface area contributed by atoms with Crippen LogP contribution in [0.1, 0.15) is 13.8 Å². The van der Waals surface area contributed by atoms with Crippen LogP contribution in [0, 0.1) is 5.92 Å². The molecule has 0 unspecified atom stereocenters. The maximum atomic E-state index is 5.93. The molecule has 0 aromatic heterocycles. The highest BCUT2D eigenvalue weighted by Crippen LogP contribution is 2.30. The lowest BCUT2D eigenvalue weighted by molar-refractivity contribution is 0.274. The molecule has 0 heterocycles. The fraction of sp³-hybridized carbons (Fsp3) is 0.222. The summed E-state index contributed by atoms with van der Waals surface area (Å²) in [6.45, 7) is 5.09. The first-order valence-electron chi connectivity index (χ1n) is 6.78. The van der Waals surface area contributed by atoms with Crippen LogP contribution in [0.3, 0.4) is 0 Å². The molecule has 3 rings (SSSR count). The normalized spacial score (nSPS) is 11.3. The van der Waals surface area contributed by atoms with Gasteiger partial charge in [-0.15, -0.1) is 0 Å². The molecule has 0 aliphatic carbocycles. The Morgan fingerprint density at radius 2 is 1.53 bits per heavy atom. The second kappa shape index (κ2) is 4.93. The second-order valence-corrected chi connectivity index (χ2v) is 5.38. The molecule has 0 aliphatic heterocycles. The molecule has 0 saturated heterocycles. The van der Waals surface area contributed by atoms with Gasteiger partial charge in [-0.1, -0.05) is 50.2 Å². The van der Waals surface area contributed by atoms with Gasteiger partial charge in [0.05, 0.1) is 6.61 Å². The van der Waals surface area contributed by atoms with Gasteiger partial charge in [0.15, 0.2) is 0 Å². The molecule has 0 spiro atoms. The zero-order chi connectivity index (χ0) is 13.2. The first-order chi connectivity index (χ1) is 9.24. The summed E-state index contributed by atoms with van der Waals surface area (Å²) in [5.74, 6) is 1.52. The maximum absolute atomic E-state index is 5.93. The molecule has 0 saturated carbocycles. The van der Waals surface area contributed by atoms with E-state index in [1.165, 1.54) is 21.5 Å². The van der Waals surface area contributed by atoms with Crippen LogP contribution >= 0.6 is 0 Å². The lowest BCUT2D eigenvalue weighted by Crippen LogP contribution is -2.04. The molecule has 0 aliphatic rings. The Balaban J connectivity index is 2.15. The largest absolute Gasteiger partial charge is 0.493 e. The number of benzene rings is 3. The summed E-state index contributed by atoms with van der Waals surface area (Å²) in [5, 5.41) is 4.97. The molecule has 3 aromatic carbocycles. The van der Waals surface area contributed by atoms with Crippen LogP contribution in [0.2, 0.25) is 0 Å². The highest BCUT2D eigenvalue weighted by Gasteiger charge is 2.04. The molecule has 3 aromatic rings. The Hall–Kier alpha value is -2.02. The van der Waals surface area contributed by atoms with Crippen LogP contribution in [0.15, 0.2) is 54.6 Å². The van der Waals surface area contributed by atoms with Gasteiger partial charge in [-0.25, -0.2) is 0 Å². The van der Waals surface area contributed by atoms with E-state index in [0.29, 0.717) is 5.92 Å². The summed E-state index contributed by atoms with van der Waals surface area (Å²) in [6.07, 6.45) is 0. The van der Waals surface area contributed by atoms with Crippen LogP contribution in [0.25, 0.3) is 21.5 Å². The summed E-state index contributed by atoms with van der Waals surface area (Å²) in [7, 11) is 0. The third kappa shape index (κ3) is 2.41. The second-order valence-electron chi connectivity index (χ2n) is 5.38. The minimum atomic E-state index is 0.538. The van der Waals surface area contributed by atoms with Gasteiger partial charge in [0.2, 0.25) is 0 Å². The Labute approximate surface area is 113 Å². The van der Waals surface area contributed by atoms with Gasteiger partial charge in [0.1, 0.15) is 5.75 Å². The summed E-state index contributed by atoms with van der Waals surface area (Å²) in [5.41, 5.74) is 0. The van der Waals surface area contributed by atoms with Gasteiger partial charge < -0.3 is 4.74 Å². The average Bonchev–Trinajstić information content (AvgIpc) is 2.42. The monoisotopic (exact) mass is 250 g/mol. The van der Waals surface area contributed by atoms with E-state index >= 15 is 0 Å². The van der Waals surface area contributed by atoms with Crippen LogP contribution in [0.4, 0.5) is 0 Å². The van der Waals surface area contributed by atoms with E-state index < -0.39 is 0 Å². The number of fused-ring (bicyclic) bond motifs is 2. The SMILES string of the molecule is CC(C)COc1cccc2cc3ccccc3cc12. The molecular formula is C18H18O. The van der Waals surface area contributed by atoms with Crippen molar-refractivity contribution in [2.75, 3.05) is 6.61 Å². The molecule has 1 heteroatoms. The number of rotatable bonds is 3. The molecule has 96 valence electrons. The highest BCUT2D eigenvalue weighted by atomic mass is 16.5. The Morgan fingerprint density at radius 1 is 0.842 bits per heavy atom. The lowest BCUT2D eigenvalue weighted by Gasteiger charge is -2.12. The molecule has 0 radical (unpaired) electrons. The van der Waals surface area contributed by atoms with E-state index in [4.69, 9.17) is 4.74 Å². The van der Waals surface area contributed by atoms with Crippen LogP contribution in [-0.4, -0.2) is 6.61 Å². The topological polar surface area (TPSA) is 9.23 Å². The predicted octanol–water partition coefficient (Wildman–Crippen LogP) is 5.03. The van der Waals surface area contributed by atoms with E-state index in [9.17, 15) is 0 Å². The smallest absolute Gasteiger partial charge is 0.127 e. The predicted molar refractivity (Wildman–Crippen MR) is 81.8 cm³/mol. The fourth-order valence-electron chi connectivity index (χ4n) is 2.32. The zero-order valence-corrected chi connectivity index (χ0v) is 11.4. The van der Waals surface area contributed by atoms with Crippen molar-refractivity contribution in [1.29, 1.82) is 0 Å². The number of ether oxygens (including phenoxy) is 1. The summed E-state index contributed by atoms with van der Waals surface area (Å²) in [4.78, 5) is 0. The van der Waals surface area contributed by atoms with Crippen molar-refractivity contribution >= 4 is 21.5 Å². The van der Waals surface area contributed by atoms with Crippen LogP contribution in [0.5, 0.6) is 5.75 Å². The van der Waals surface area contributed by atoms with Crippen molar-refractivity contribution in [2.45, 2.75) is 13.8 Å². The standard InChI is InChI=1S/C18H18O/c1-13(2)12-19-18-9-5-8-16-10-14-6-3-4-7-15(14)11-17(16)18/h3-11,13H,12H2,1-2H3. The third-order valence-corrected chi connectivity index (χ3v) is 3.28. The van der Waals surface area contributed by atoms with E-state index in [1.54, 1.807) is 0 Å². The molecule has 0 amide bonds. The molecule has 0 bridgehead atoms. The number of hydrogen-bond acceptors (Lipinski definition) is 1. The van der Waals surface area contributed by atoms with Crippen molar-refractivity contribution in [3.05, 3.63) is 54.6 Å². The fourth-order valence-corrected chi connectivity index (χ4v) is 2.32. The van der Waals surface area contributed by atoms with E-state index in [2.05, 4.69) is 68.4 Å². The van der Waals surface area contributed by atoms with Gasteiger partial charge in [-0.2, -0.15) is 0 Å². The minimum Gasteiger partial charge on any atom is -0.493 e. The van der Waals surface area contributed by atoms with Crippen molar-refractivity contribution in [3.63, 3.8) is 0 Å². The van der Waals surface area contributed by atoms with Crippen LogP contribution < -0.4 is 4.74 Å². The van der Waals surface area contributed by atoms with Gasteiger partial charge in [-0.05, 0) is 40.3 Å². The Bertz CT molecular complexity index is 713. The van der Waals surface area contributed by atoms with E-state index in [0.717, 1.165) is 12.4 Å². The molecular weight excluding hydrogens is 232 g/mol. The van der Waals surface area contributed by atoms with Crippen molar-refractivity contribution in [1.82, 2.24) is 0 Å². The Kier molecular flexibility index (Phi) is 3.12. The lowest BCUT2D eigenvalue weighted by atomic mass is 10.0. The average molecular weight is 250 g/mol. The van der Waals surface area contributed by atoms with Gasteiger partial charge in [-0.3, -0.25) is 0 Å². The maximum Gasteiger partial charge on any atom is 0.127 e. The minimum absolute atomic E-state index is 0.538. The van der Waals surface area contributed by atoms with Crippen molar-refractivity contribution in [3.8, 4) is 5.75 Å². The first kappa shape index (κ1) is 12.0. The summed E-state index contributed by atoms with van der Waals surface area (Å²) in [6, 6.07) is 19.2. The summed E-state index contributed by atoms with van der Waals surface area (Å²) < 4.78 is 5.93. The number of hydrogen-bond donors (Lipinski definition) is 0. The van der Waals surface area contributed by atoms with Crippen LogP contribution in [-0.2, 0) is 0 Å². The molecule has 19 heavy (non-hydrogen) atoms. The summed E-state index contributed by atoms with van der Waals surface area (Å²) >= 11 is 0. The molecule has 1 nitrogen and oxygen atoms in total. The quantitative estimate of drug-likeness (QED) is 0.592. The first-order valence-corrected chi connectivity index (χ1v) is 6.78. The highest BCUT2D eigenvalue weighted by molar-refractivity contribution is 6.00. The van der Waals surface area contributed by atoms with Gasteiger partial charge in [0, 0.05) is 5.39 Å². The zero-order valence-electron chi connectivity index (χ0n) is 11.4. The van der Waals surface area contributed by atoms with Crippen molar-refractivity contribution in [2.24, 2.45) is 5.92 Å². The van der Waals surface area contributed by atoms with Gasteiger partial charge >= 0.3 is 0 Å². The Morgan fingerprint density at radius 3 is 2.26 bits per heavy atom. The molecule has 0 atom stereocenters. The third-order valence-electron chi connectivity index (χ3n) is 3.28. The van der Waals surface area contributed by atoms with Gasteiger partial charge in [0.25, 0.3) is 0 Å². The molecule has 0 fully saturated rings. The van der Waals surface area contributed by atoms with Crippen molar-refractivity contribution < 1.29 is 4.74 Å². The van der Waals surface area contributed by atoms with E-state index in [1.807, 2.05) is 0 Å².